The van der Waals surface area contributed by atoms with E-state index >= 15 is 0 Å². The van der Waals surface area contributed by atoms with E-state index in [4.69, 9.17) is 0 Å². The van der Waals surface area contributed by atoms with Crippen LogP contribution in [0.4, 0.5) is 8.78 Å². The molecule has 1 aromatic rings. The Morgan fingerprint density at radius 2 is 2.00 bits per heavy atom. The van der Waals surface area contributed by atoms with Crippen molar-refractivity contribution in [2.45, 2.75) is 11.8 Å². The summed E-state index contributed by atoms with van der Waals surface area (Å²) >= 11 is 3.31. The summed E-state index contributed by atoms with van der Waals surface area (Å²) in [5.74, 6) is -1.63. The van der Waals surface area contributed by atoms with Gasteiger partial charge in [-0.25, -0.2) is 8.78 Å². The number of allylic oxidation sites excluding steroid dienone is 1. The lowest BCUT2D eigenvalue weighted by Crippen LogP contribution is -1.85. The summed E-state index contributed by atoms with van der Waals surface area (Å²) in [6, 6.07) is 3.82. The standard InChI is InChI=1S/C10H9BrF2/c1-7(11)2-3-8-4-5-9(12)10(13)6-8/h2-7H,1H3/b3-2+. The first-order valence-corrected chi connectivity index (χ1v) is 4.78. The fourth-order valence-corrected chi connectivity index (χ4v) is 1.01. The highest BCUT2D eigenvalue weighted by molar-refractivity contribution is 9.09. The van der Waals surface area contributed by atoms with Gasteiger partial charge >= 0.3 is 0 Å². The van der Waals surface area contributed by atoms with Gasteiger partial charge in [0.2, 0.25) is 0 Å². The fourth-order valence-electron chi connectivity index (χ4n) is 0.860. The molecule has 0 spiro atoms. The summed E-state index contributed by atoms with van der Waals surface area (Å²) < 4.78 is 25.2. The number of halogens is 3. The molecule has 1 atom stereocenters. The molecule has 1 rings (SSSR count). The average Bonchev–Trinajstić information content (AvgIpc) is 2.07. The van der Waals surface area contributed by atoms with Crippen molar-refractivity contribution in [1.29, 1.82) is 0 Å². The van der Waals surface area contributed by atoms with E-state index in [9.17, 15) is 8.78 Å². The third-order valence-electron chi connectivity index (χ3n) is 1.50. The van der Waals surface area contributed by atoms with Crippen LogP contribution in [0.2, 0.25) is 0 Å². The Morgan fingerprint density at radius 3 is 2.54 bits per heavy atom. The summed E-state index contributed by atoms with van der Waals surface area (Å²) in [7, 11) is 0. The van der Waals surface area contributed by atoms with E-state index < -0.39 is 11.6 Å². The van der Waals surface area contributed by atoms with Crippen LogP contribution < -0.4 is 0 Å². The van der Waals surface area contributed by atoms with Crippen LogP contribution in [0.15, 0.2) is 24.3 Å². The summed E-state index contributed by atoms with van der Waals surface area (Å²) in [5.41, 5.74) is 0.658. The first kappa shape index (κ1) is 10.4. The number of hydrogen-bond donors (Lipinski definition) is 0. The summed E-state index contributed by atoms with van der Waals surface area (Å²) in [4.78, 5) is 0.223. The van der Waals surface area contributed by atoms with Crippen molar-refractivity contribution in [3.8, 4) is 0 Å². The highest BCUT2D eigenvalue weighted by Gasteiger charge is 1.99. The average molecular weight is 247 g/mol. The highest BCUT2D eigenvalue weighted by atomic mass is 79.9. The molecular formula is C10H9BrF2. The number of rotatable bonds is 2. The van der Waals surface area contributed by atoms with Crippen molar-refractivity contribution >= 4 is 22.0 Å². The largest absolute Gasteiger partial charge is 0.204 e. The zero-order chi connectivity index (χ0) is 9.84. The summed E-state index contributed by atoms with van der Waals surface area (Å²) in [6.07, 6.45) is 3.59. The Bertz CT molecular complexity index is 319. The van der Waals surface area contributed by atoms with E-state index in [1.807, 2.05) is 13.0 Å². The molecule has 0 aliphatic rings. The van der Waals surface area contributed by atoms with Gasteiger partial charge in [0.1, 0.15) is 0 Å². The molecule has 0 bridgehead atoms. The lowest BCUT2D eigenvalue weighted by molar-refractivity contribution is 0.508. The topological polar surface area (TPSA) is 0 Å². The van der Waals surface area contributed by atoms with Crippen LogP contribution in [0, 0.1) is 11.6 Å². The third kappa shape index (κ3) is 3.27. The predicted octanol–water partition coefficient (Wildman–Crippen LogP) is 3.76. The van der Waals surface area contributed by atoms with Crippen molar-refractivity contribution in [3.05, 3.63) is 41.5 Å². The van der Waals surface area contributed by atoms with Crippen LogP contribution in [0.5, 0.6) is 0 Å². The van der Waals surface area contributed by atoms with Crippen LogP contribution in [0.3, 0.4) is 0 Å². The number of alkyl halides is 1. The van der Waals surface area contributed by atoms with Gasteiger partial charge in [-0.1, -0.05) is 34.1 Å². The molecule has 0 amide bonds. The maximum absolute atomic E-state index is 12.7. The van der Waals surface area contributed by atoms with Crippen molar-refractivity contribution in [3.63, 3.8) is 0 Å². The second kappa shape index (κ2) is 4.51. The number of benzene rings is 1. The van der Waals surface area contributed by atoms with E-state index in [0.29, 0.717) is 5.56 Å². The number of hydrogen-bond acceptors (Lipinski definition) is 0. The predicted molar refractivity (Wildman–Crippen MR) is 53.8 cm³/mol. The monoisotopic (exact) mass is 246 g/mol. The minimum Gasteiger partial charge on any atom is -0.204 e. The van der Waals surface area contributed by atoms with Gasteiger partial charge in [0, 0.05) is 4.83 Å². The summed E-state index contributed by atoms with van der Waals surface area (Å²) in [5, 5.41) is 0. The summed E-state index contributed by atoms with van der Waals surface area (Å²) in [6.45, 7) is 1.94. The Hall–Kier alpha value is -0.700. The first-order valence-electron chi connectivity index (χ1n) is 3.87. The van der Waals surface area contributed by atoms with Crippen LogP contribution in [-0.4, -0.2) is 4.83 Å². The normalized spacial score (nSPS) is 13.5. The molecule has 1 aromatic carbocycles. The molecule has 0 heterocycles. The molecule has 0 fully saturated rings. The maximum atomic E-state index is 12.7. The molecule has 0 N–H and O–H groups in total. The second-order valence-corrected chi connectivity index (χ2v) is 4.15. The van der Waals surface area contributed by atoms with Crippen LogP contribution in [0.1, 0.15) is 12.5 Å². The molecule has 70 valence electrons. The molecule has 0 nitrogen and oxygen atoms in total. The van der Waals surface area contributed by atoms with Crippen molar-refractivity contribution in [2.75, 3.05) is 0 Å². The molecule has 0 saturated carbocycles. The van der Waals surface area contributed by atoms with E-state index in [1.54, 1.807) is 6.08 Å². The Morgan fingerprint density at radius 1 is 1.31 bits per heavy atom. The smallest absolute Gasteiger partial charge is 0.159 e. The van der Waals surface area contributed by atoms with Gasteiger partial charge in [0.05, 0.1) is 0 Å². The SMILES string of the molecule is CC(Br)/C=C/c1ccc(F)c(F)c1. The molecule has 3 heteroatoms. The van der Waals surface area contributed by atoms with E-state index in [-0.39, 0.29) is 4.83 Å². The zero-order valence-electron chi connectivity index (χ0n) is 7.10. The third-order valence-corrected chi connectivity index (χ3v) is 1.80. The van der Waals surface area contributed by atoms with E-state index in [1.165, 1.54) is 12.1 Å². The van der Waals surface area contributed by atoms with Crippen molar-refractivity contribution in [2.24, 2.45) is 0 Å². The minimum absolute atomic E-state index is 0.223. The second-order valence-electron chi connectivity index (χ2n) is 2.71. The van der Waals surface area contributed by atoms with E-state index in [2.05, 4.69) is 15.9 Å². The highest BCUT2D eigenvalue weighted by Crippen LogP contribution is 2.11. The van der Waals surface area contributed by atoms with Gasteiger partial charge in [-0.15, -0.1) is 0 Å². The van der Waals surface area contributed by atoms with Gasteiger partial charge in [-0.2, -0.15) is 0 Å². The maximum Gasteiger partial charge on any atom is 0.159 e. The van der Waals surface area contributed by atoms with Gasteiger partial charge in [0.15, 0.2) is 11.6 Å². The van der Waals surface area contributed by atoms with E-state index in [0.717, 1.165) is 6.07 Å². The Labute approximate surface area is 84.4 Å². The molecule has 1 unspecified atom stereocenters. The van der Waals surface area contributed by atoms with Crippen molar-refractivity contribution in [1.82, 2.24) is 0 Å². The lowest BCUT2D eigenvalue weighted by atomic mass is 10.2. The molecule has 0 saturated heterocycles. The molecular weight excluding hydrogens is 238 g/mol. The van der Waals surface area contributed by atoms with Gasteiger partial charge < -0.3 is 0 Å². The molecule has 13 heavy (non-hydrogen) atoms. The minimum atomic E-state index is -0.816. The molecule has 0 aromatic heterocycles. The Kier molecular flexibility index (Phi) is 3.60. The van der Waals surface area contributed by atoms with Gasteiger partial charge in [0.25, 0.3) is 0 Å². The fraction of sp³-hybridized carbons (Fsp3) is 0.200. The lowest BCUT2D eigenvalue weighted by Gasteiger charge is -1.96. The van der Waals surface area contributed by atoms with Crippen LogP contribution in [0.25, 0.3) is 6.08 Å². The molecule has 0 aliphatic heterocycles. The van der Waals surface area contributed by atoms with Crippen LogP contribution >= 0.6 is 15.9 Å². The first-order chi connectivity index (χ1) is 6.09. The van der Waals surface area contributed by atoms with Gasteiger partial charge in [-0.05, 0) is 24.6 Å². The molecule has 0 radical (unpaired) electrons. The zero-order valence-corrected chi connectivity index (χ0v) is 8.68. The quantitative estimate of drug-likeness (QED) is 0.698. The Balaban J connectivity index is 2.85. The van der Waals surface area contributed by atoms with Crippen LogP contribution in [-0.2, 0) is 0 Å². The molecule has 0 aliphatic carbocycles. The van der Waals surface area contributed by atoms with Gasteiger partial charge in [-0.3, -0.25) is 0 Å². The van der Waals surface area contributed by atoms with Crippen molar-refractivity contribution < 1.29 is 8.78 Å².